The molecule has 0 saturated heterocycles. The molecule has 1 heterocycles. The topological polar surface area (TPSA) is 63.2 Å². The van der Waals surface area contributed by atoms with Crippen LogP contribution >= 0.6 is 0 Å². The van der Waals surface area contributed by atoms with Crippen molar-refractivity contribution < 1.29 is 9.53 Å². The number of anilines is 2. The van der Waals surface area contributed by atoms with Gasteiger partial charge in [-0.1, -0.05) is 6.92 Å². The summed E-state index contributed by atoms with van der Waals surface area (Å²) >= 11 is 0. The fraction of sp³-hybridized carbons (Fsp3) is 0.294. The Kier molecular flexibility index (Phi) is 5.36. The summed E-state index contributed by atoms with van der Waals surface area (Å²) in [4.78, 5) is 16.2. The van der Waals surface area contributed by atoms with Crippen molar-refractivity contribution >= 4 is 17.3 Å². The SMILES string of the molecule is CCC(C)NC(=O)c1cc(Nc2ccc(OC)cc2)ccn1. The number of carbonyl (C=O) groups is 1. The Bertz CT molecular complexity index is 626. The highest BCUT2D eigenvalue weighted by Crippen LogP contribution is 2.20. The number of nitrogens with one attached hydrogen (secondary N) is 2. The zero-order chi connectivity index (χ0) is 15.9. The first-order valence-corrected chi connectivity index (χ1v) is 7.30. The van der Waals surface area contributed by atoms with Crippen molar-refractivity contribution in [3.8, 4) is 5.75 Å². The third-order valence-corrected chi connectivity index (χ3v) is 3.36. The summed E-state index contributed by atoms with van der Waals surface area (Å²) in [5, 5.41) is 6.15. The van der Waals surface area contributed by atoms with Gasteiger partial charge >= 0.3 is 0 Å². The number of hydrogen-bond donors (Lipinski definition) is 2. The van der Waals surface area contributed by atoms with Gasteiger partial charge < -0.3 is 15.4 Å². The van der Waals surface area contributed by atoms with E-state index >= 15 is 0 Å². The average molecular weight is 299 g/mol. The number of aromatic nitrogens is 1. The molecule has 22 heavy (non-hydrogen) atoms. The Balaban J connectivity index is 2.08. The molecular weight excluding hydrogens is 278 g/mol. The number of hydrogen-bond acceptors (Lipinski definition) is 4. The van der Waals surface area contributed by atoms with Crippen LogP contribution in [0.3, 0.4) is 0 Å². The first-order chi connectivity index (χ1) is 10.6. The molecule has 0 fully saturated rings. The Hall–Kier alpha value is -2.56. The van der Waals surface area contributed by atoms with E-state index in [4.69, 9.17) is 4.74 Å². The minimum atomic E-state index is -0.160. The van der Waals surface area contributed by atoms with Crippen LogP contribution in [0.5, 0.6) is 5.75 Å². The number of nitrogens with zero attached hydrogens (tertiary/aromatic N) is 1. The number of carbonyl (C=O) groups excluding carboxylic acids is 1. The molecule has 2 aromatic rings. The monoisotopic (exact) mass is 299 g/mol. The fourth-order valence-electron chi connectivity index (χ4n) is 1.87. The van der Waals surface area contributed by atoms with Crippen molar-refractivity contribution in [2.75, 3.05) is 12.4 Å². The molecule has 2 rings (SSSR count). The normalized spacial score (nSPS) is 11.6. The molecule has 1 aromatic carbocycles. The van der Waals surface area contributed by atoms with Gasteiger partial charge in [-0.3, -0.25) is 9.78 Å². The number of benzene rings is 1. The lowest BCUT2D eigenvalue weighted by Crippen LogP contribution is -2.32. The maximum absolute atomic E-state index is 12.1. The smallest absolute Gasteiger partial charge is 0.270 e. The van der Waals surface area contributed by atoms with Gasteiger partial charge in [-0.05, 0) is 49.7 Å². The maximum Gasteiger partial charge on any atom is 0.270 e. The van der Waals surface area contributed by atoms with Gasteiger partial charge in [0.1, 0.15) is 11.4 Å². The summed E-state index contributed by atoms with van der Waals surface area (Å²) in [6.45, 7) is 4.00. The van der Waals surface area contributed by atoms with Crippen LogP contribution in [0.4, 0.5) is 11.4 Å². The van der Waals surface area contributed by atoms with Crippen LogP contribution in [0.2, 0.25) is 0 Å². The summed E-state index contributed by atoms with van der Waals surface area (Å²) in [6, 6.07) is 11.3. The highest BCUT2D eigenvalue weighted by atomic mass is 16.5. The highest BCUT2D eigenvalue weighted by Gasteiger charge is 2.10. The van der Waals surface area contributed by atoms with Crippen LogP contribution in [0, 0.1) is 0 Å². The third kappa shape index (κ3) is 4.22. The molecule has 1 amide bonds. The molecule has 1 unspecified atom stereocenters. The quantitative estimate of drug-likeness (QED) is 0.858. The minimum absolute atomic E-state index is 0.132. The molecule has 0 spiro atoms. The summed E-state index contributed by atoms with van der Waals surface area (Å²) in [5.74, 6) is 0.640. The van der Waals surface area contributed by atoms with E-state index in [9.17, 15) is 4.79 Å². The minimum Gasteiger partial charge on any atom is -0.497 e. The molecule has 0 aliphatic heterocycles. The lowest BCUT2D eigenvalue weighted by molar-refractivity contribution is 0.0934. The van der Waals surface area contributed by atoms with Crippen molar-refractivity contribution in [1.29, 1.82) is 0 Å². The van der Waals surface area contributed by atoms with Crippen LogP contribution in [-0.2, 0) is 0 Å². The summed E-state index contributed by atoms with van der Waals surface area (Å²) in [7, 11) is 1.63. The van der Waals surface area contributed by atoms with Gasteiger partial charge in [-0.2, -0.15) is 0 Å². The van der Waals surface area contributed by atoms with E-state index in [1.165, 1.54) is 0 Å². The first-order valence-electron chi connectivity index (χ1n) is 7.30. The van der Waals surface area contributed by atoms with E-state index in [1.54, 1.807) is 19.4 Å². The van der Waals surface area contributed by atoms with E-state index < -0.39 is 0 Å². The third-order valence-electron chi connectivity index (χ3n) is 3.36. The molecule has 1 atom stereocenters. The predicted molar refractivity (Wildman–Crippen MR) is 87.7 cm³/mol. The van der Waals surface area contributed by atoms with Gasteiger partial charge in [-0.25, -0.2) is 0 Å². The van der Waals surface area contributed by atoms with E-state index in [0.717, 1.165) is 23.5 Å². The molecule has 5 nitrogen and oxygen atoms in total. The fourth-order valence-corrected chi connectivity index (χ4v) is 1.87. The molecule has 0 saturated carbocycles. The van der Waals surface area contributed by atoms with Gasteiger partial charge in [0.25, 0.3) is 5.91 Å². The second-order valence-electron chi connectivity index (χ2n) is 5.07. The van der Waals surface area contributed by atoms with Crippen LogP contribution < -0.4 is 15.4 Å². The number of amides is 1. The Labute approximate surface area is 130 Å². The first kappa shape index (κ1) is 15.8. The second-order valence-corrected chi connectivity index (χ2v) is 5.07. The lowest BCUT2D eigenvalue weighted by Gasteiger charge is -2.12. The van der Waals surface area contributed by atoms with Crippen molar-refractivity contribution in [2.24, 2.45) is 0 Å². The van der Waals surface area contributed by atoms with Crippen LogP contribution in [0.25, 0.3) is 0 Å². The lowest BCUT2D eigenvalue weighted by atomic mass is 10.2. The van der Waals surface area contributed by atoms with Crippen molar-refractivity contribution in [3.63, 3.8) is 0 Å². The molecule has 0 bridgehead atoms. The molecule has 1 aromatic heterocycles. The summed E-state index contributed by atoms with van der Waals surface area (Å²) < 4.78 is 5.13. The summed E-state index contributed by atoms with van der Waals surface area (Å²) in [6.07, 6.45) is 2.51. The van der Waals surface area contributed by atoms with Crippen molar-refractivity contribution in [2.45, 2.75) is 26.3 Å². The maximum atomic E-state index is 12.1. The molecule has 116 valence electrons. The van der Waals surface area contributed by atoms with E-state index in [-0.39, 0.29) is 11.9 Å². The van der Waals surface area contributed by atoms with Gasteiger partial charge in [0.05, 0.1) is 7.11 Å². The highest BCUT2D eigenvalue weighted by molar-refractivity contribution is 5.93. The Morgan fingerprint density at radius 2 is 1.95 bits per heavy atom. The van der Waals surface area contributed by atoms with E-state index in [1.807, 2.05) is 44.2 Å². The zero-order valence-electron chi connectivity index (χ0n) is 13.1. The summed E-state index contributed by atoms with van der Waals surface area (Å²) in [5.41, 5.74) is 2.13. The van der Waals surface area contributed by atoms with Crippen LogP contribution in [0.1, 0.15) is 30.8 Å². The predicted octanol–water partition coefficient (Wildman–Crippen LogP) is 3.36. The number of methoxy groups -OCH3 is 1. The Morgan fingerprint density at radius 1 is 1.23 bits per heavy atom. The zero-order valence-corrected chi connectivity index (χ0v) is 13.1. The van der Waals surface area contributed by atoms with Crippen LogP contribution in [0.15, 0.2) is 42.6 Å². The molecule has 0 radical (unpaired) electrons. The molecular formula is C17H21N3O2. The molecule has 0 aliphatic rings. The average Bonchev–Trinajstić information content (AvgIpc) is 2.55. The Morgan fingerprint density at radius 3 is 2.59 bits per heavy atom. The van der Waals surface area contributed by atoms with Crippen LogP contribution in [-0.4, -0.2) is 24.0 Å². The second kappa shape index (κ2) is 7.45. The molecule has 0 aliphatic carbocycles. The van der Waals surface area contributed by atoms with E-state index in [0.29, 0.717) is 5.69 Å². The van der Waals surface area contributed by atoms with Crippen molar-refractivity contribution in [3.05, 3.63) is 48.3 Å². The molecule has 2 N–H and O–H groups in total. The number of ether oxygens (including phenoxy) is 1. The standard InChI is InChI=1S/C17H21N3O2/c1-4-12(2)19-17(21)16-11-14(9-10-18-16)20-13-5-7-15(22-3)8-6-13/h5-12H,4H2,1-3H3,(H,18,20)(H,19,21). The molecule has 5 heteroatoms. The van der Waals surface area contributed by atoms with Gasteiger partial charge in [-0.15, -0.1) is 0 Å². The number of rotatable bonds is 6. The van der Waals surface area contributed by atoms with Gasteiger partial charge in [0, 0.05) is 23.6 Å². The van der Waals surface area contributed by atoms with Gasteiger partial charge in [0.15, 0.2) is 0 Å². The van der Waals surface area contributed by atoms with Gasteiger partial charge in [0.2, 0.25) is 0 Å². The number of pyridine rings is 1. The van der Waals surface area contributed by atoms with E-state index in [2.05, 4.69) is 15.6 Å². The van der Waals surface area contributed by atoms with Crippen molar-refractivity contribution in [1.82, 2.24) is 10.3 Å². The largest absolute Gasteiger partial charge is 0.497 e.